The van der Waals surface area contributed by atoms with Gasteiger partial charge in [-0.25, -0.2) is 0 Å². The van der Waals surface area contributed by atoms with Crippen LogP contribution in [-0.2, 0) is 4.79 Å². The normalized spacial score (nSPS) is 10.6. The number of guanidine groups is 1. The Labute approximate surface area is 141 Å². The van der Waals surface area contributed by atoms with Gasteiger partial charge in [-0.2, -0.15) is 0 Å². The Balaban J connectivity index is 3.00. The average Bonchev–Trinajstić information content (AvgIpc) is 2.49. The molecule has 0 amide bonds. The third-order valence-corrected chi connectivity index (χ3v) is 4.13. The molecule has 0 saturated carbocycles. The van der Waals surface area contributed by atoms with Crippen molar-refractivity contribution in [2.24, 2.45) is 5.73 Å². The van der Waals surface area contributed by atoms with Crippen LogP contribution in [0.25, 0.3) is 0 Å². The maximum atomic E-state index is 10.4. The van der Waals surface area contributed by atoms with Gasteiger partial charge in [-0.1, -0.05) is 77.0 Å². The SMILES string of the molecule is N=C(N)NCCCCCCCCCCCCCCCCC(=O)O. The maximum Gasteiger partial charge on any atom is 0.303 e. The second-order valence-electron chi connectivity index (χ2n) is 6.43. The van der Waals surface area contributed by atoms with Crippen LogP contribution in [0.5, 0.6) is 0 Å². The predicted octanol–water partition coefficient (Wildman–Crippen LogP) is 4.41. The van der Waals surface area contributed by atoms with Crippen LogP contribution in [0.1, 0.15) is 96.3 Å². The quantitative estimate of drug-likeness (QED) is 0.181. The van der Waals surface area contributed by atoms with E-state index in [4.69, 9.17) is 16.2 Å². The van der Waals surface area contributed by atoms with E-state index in [1.165, 1.54) is 70.6 Å². The van der Waals surface area contributed by atoms with E-state index < -0.39 is 5.97 Å². The van der Waals surface area contributed by atoms with Gasteiger partial charge in [0.15, 0.2) is 5.96 Å². The van der Waals surface area contributed by atoms with Crippen molar-refractivity contribution in [3.05, 3.63) is 0 Å². The molecule has 0 atom stereocenters. The first-order chi connectivity index (χ1) is 11.1. The van der Waals surface area contributed by atoms with E-state index in [0.717, 1.165) is 25.8 Å². The van der Waals surface area contributed by atoms with Crippen molar-refractivity contribution in [1.82, 2.24) is 5.32 Å². The van der Waals surface area contributed by atoms with E-state index >= 15 is 0 Å². The Morgan fingerprint density at radius 1 is 0.739 bits per heavy atom. The Morgan fingerprint density at radius 3 is 1.43 bits per heavy atom. The molecule has 0 aliphatic rings. The van der Waals surface area contributed by atoms with Gasteiger partial charge < -0.3 is 16.2 Å². The highest BCUT2D eigenvalue weighted by atomic mass is 16.4. The summed E-state index contributed by atoms with van der Waals surface area (Å²) in [5.41, 5.74) is 5.21. The minimum Gasteiger partial charge on any atom is -0.481 e. The number of nitrogens with one attached hydrogen (secondary N) is 2. The molecule has 0 unspecified atom stereocenters. The van der Waals surface area contributed by atoms with Gasteiger partial charge in [-0.15, -0.1) is 0 Å². The number of nitrogens with two attached hydrogens (primary N) is 1. The summed E-state index contributed by atoms with van der Waals surface area (Å²) in [6.45, 7) is 0.825. The molecular weight excluding hydrogens is 290 g/mol. The molecule has 0 aliphatic carbocycles. The molecule has 0 bridgehead atoms. The monoisotopic (exact) mass is 327 g/mol. The third-order valence-electron chi connectivity index (χ3n) is 4.13. The zero-order valence-corrected chi connectivity index (χ0v) is 14.7. The first-order valence-electron chi connectivity index (χ1n) is 9.42. The van der Waals surface area contributed by atoms with Crippen molar-refractivity contribution in [3.8, 4) is 0 Å². The van der Waals surface area contributed by atoms with Gasteiger partial charge in [0.05, 0.1) is 0 Å². The van der Waals surface area contributed by atoms with Crippen molar-refractivity contribution in [1.29, 1.82) is 5.41 Å². The molecule has 5 heteroatoms. The molecule has 0 radical (unpaired) electrons. The van der Waals surface area contributed by atoms with Gasteiger partial charge in [-0.3, -0.25) is 10.2 Å². The fourth-order valence-electron chi connectivity index (χ4n) is 2.75. The fourth-order valence-corrected chi connectivity index (χ4v) is 2.75. The lowest BCUT2D eigenvalue weighted by molar-refractivity contribution is -0.137. The van der Waals surface area contributed by atoms with Gasteiger partial charge in [0, 0.05) is 13.0 Å². The number of carbonyl (C=O) groups is 1. The number of hydrogen-bond acceptors (Lipinski definition) is 2. The van der Waals surface area contributed by atoms with Crippen LogP contribution < -0.4 is 11.1 Å². The molecule has 0 saturated heterocycles. The minimum absolute atomic E-state index is 0.0743. The van der Waals surface area contributed by atoms with Gasteiger partial charge >= 0.3 is 5.97 Å². The van der Waals surface area contributed by atoms with Crippen molar-refractivity contribution in [2.45, 2.75) is 96.3 Å². The van der Waals surface area contributed by atoms with E-state index in [0.29, 0.717) is 6.42 Å². The predicted molar refractivity (Wildman–Crippen MR) is 96.8 cm³/mol. The summed E-state index contributed by atoms with van der Waals surface area (Å²) in [5, 5.41) is 18.4. The van der Waals surface area contributed by atoms with Crippen LogP contribution in [0.2, 0.25) is 0 Å². The van der Waals surface area contributed by atoms with Gasteiger partial charge in [-0.05, 0) is 12.8 Å². The second-order valence-corrected chi connectivity index (χ2v) is 6.43. The molecule has 0 rings (SSSR count). The number of unbranched alkanes of at least 4 members (excludes halogenated alkanes) is 13. The number of carboxylic acids is 1. The molecule has 136 valence electrons. The molecule has 0 aliphatic heterocycles. The van der Waals surface area contributed by atoms with Gasteiger partial charge in [0.25, 0.3) is 0 Å². The number of carboxylic acid groups (broad SMARTS) is 1. The molecule has 5 N–H and O–H groups in total. The number of rotatable bonds is 17. The molecule has 0 aromatic rings. The van der Waals surface area contributed by atoms with Crippen molar-refractivity contribution in [3.63, 3.8) is 0 Å². The molecule has 23 heavy (non-hydrogen) atoms. The lowest BCUT2D eigenvalue weighted by atomic mass is 10.0. The zero-order chi connectivity index (χ0) is 17.2. The lowest BCUT2D eigenvalue weighted by Gasteiger charge is -2.04. The lowest BCUT2D eigenvalue weighted by Crippen LogP contribution is -2.30. The Hall–Kier alpha value is -1.26. The Bertz CT molecular complexity index is 268. The molecule has 0 aromatic carbocycles. The number of aliphatic carboxylic acids is 1. The highest BCUT2D eigenvalue weighted by molar-refractivity contribution is 5.74. The van der Waals surface area contributed by atoms with Crippen LogP contribution in [0.15, 0.2) is 0 Å². The summed E-state index contributed by atoms with van der Waals surface area (Å²) in [7, 11) is 0. The summed E-state index contributed by atoms with van der Waals surface area (Å²) < 4.78 is 0. The van der Waals surface area contributed by atoms with Crippen LogP contribution in [-0.4, -0.2) is 23.6 Å². The van der Waals surface area contributed by atoms with Gasteiger partial charge in [0.1, 0.15) is 0 Å². The summed E-state index contributed by atoms with van der Waals surface area (Å²) in [6, 6.07) is 0. The van der Waals surface area contributed by atoms with E-state index in [1.54, 1.807) is 0 Å². The maximum absolute atomic E-state index is 10.4. The first kappa shape index (κ1) is 21.7. The molecule has 0 aromatic heterocycles. The largest absolute Gasteiger partial charge is 0.481 e. The fraction of sp³-hybridized carbons (Fsp3) is 0.889. The smallest absolute Gasteiger partial charge is 0.303 e. The topological polar surface area (TPSA) is 99.2 Å². The highest BCUT2D eigenvalue weighted by Gasteiger charge is 1.97. The molecular formula is C18H37N3O2. The van der Waals surface area contributed by atoms with E-state index in [2.05, 4.69) is 5.32 Å². The van der Waals surface area contributed by atoms with Crippen LogP contribution in [0, 0.1) is 5.41 Å². The first-order valence-corrected chi connectivity index (χ1v) is 9.42. The highest BCUT2D eigenvalue weighted by Crippen LogP contribution is 2.13. The average molecular weight is 328 g/mol. The summed E-state index contributed by atoms with van der Waals surface area (Å²) >= 11 is 0. The van der Waals surface area contributed by atoms with E-state index in [9.17, 15) is 4.79 Å². The standard InChI is InChI=1S/C18H37N3O2/c19-18(20)21-16-14-12-10-8-6-4-2-1-3-5-7-9-11-13-15-17(22)23/h1-16H2,(H,22,23)(H4,19,20,21). The zero-order valence-electron chi connectivity index (χ0n) is 14.7. The second kappa shape index (κ2) is 17.1. The Morgan fingerprint density at radius 2 is 1.09 bits per heavy atom. The Kier molecular flexibility index (Phi) is 16.2. The summed E-state index contributed by atoms with van der Waals surface area (Å²) in [4.78, 5) is 10.4. The van der Waals surface area contributed by atoms with Crippen LogP contribution in [0.4, 0.5) is 0 Å². The van der Waals surface area contributed by atoms with Crippen LogP contribution >= 0.6 is 0 Å². The van der Waals surface area contributed by atoms with E-state index in [1.807, 2.05) is 0 Å². The van der Waals surface area contributed by atoms with Crippen molar-refractivity contribution < 1.29 is 9.90 Å². The van der Waals surface area contributed by atoms with Crippen molar-refractivity contribution >= 4 is 11.9 Å². The van der Waals surface area contributed by atoms with Gasteiger partial charge in [0.2, 0.25) is 0 Å². The summed E-state index contributed by atoms with van der Waals surface area (Å²) in [6.07, 6.45) is 17.6. The minimum atomic E-state index is -0.669. The number of hydrogen-bond donors (Lipinski definition) is 4. The summed E-state index contributed by atoms with van der Waals surface area (Å²) in [5.74, 6) is -0.594. The van der Waals surface area contributed by atoms with Crippen LogP contribution in [0.3, 0.4) is 0 Å². The third kappa shape index (κ3) is 20.7. The molecule has 5 nitrogen and oxygen atoms in total. The molecule has 0 spiro atoms. The molecule has 0 fully saturated rings. The molecule has 0 heterocycles. The van der Waals surface area contributed by atoms with Crippen molar-refractivity contribution in [2.75, 3.05) is 6.54 Å². The van der Waals surface area contributed by atoms with E-state index in [-0.39, 0.29) is 5.96 Å².